The zero-order valence-corrected chi connectivity index (χ0v) is 20.2. The quantitative estimate of drug-likeness (QED) is 0.303. The molecule has 36 heavy (non-hydrogen) atoms. The van der Waals surface area contributed by atoms with Gasteiger partial charge in [0.05, 0.1) is 11.6 Å². The zero-order valence-electron chi connectivity index (χ0n) is 20.2. The topological polar surface area (TPSA) is 173 Å². The predicted molar refractivity (Wildman–Crippen MR) is 126 cm³/mol. The Labute approximate surface area is 206 Å². The highest BCUT2D eigenvalue weighted by atomic mass is 19.1. The van der Waals surface area contributed by atoms with Gasteiger partial charge in [-0.15, -0.1) is 0 Å². The average molecular weight is 504 g/mol. The Morgan fingerprint density at radius 1 is 1.28 bits per heavy atom. The van der Waals surface area contributed by atoms with Crippen molar-refractivity contribution < 1.29 is 39.2 Å². The number of phenols is 1. The highest BCUT2D eigenvalue weighted by molar-refractivity contribution is 6.24. The minimum atomic E-state index is -2.67. The minimum absolute atomic E-state index is 0.00910. The van der Waals surface area contributed by atoms with Crippen LogP contribution in [-0.4, -0.2) is 81.3 Å². The second-order valence-electron chi connectivity index (χ2n) is 10.00. The van der Waals surface area contributed by atoms with Gasteiger partial charge in [0.1, 0.15) is 29.5 Å². The number of phenolic OH excluding ortho intramolecular Hbond substituents is 1. The van der Waals surface area contributed by atoms with Gasteiger partial charge in [-0.05, 0) is 57.0 Å². The Balaban J connectivity index is 1.88. The van der Waals surface area contributed by atoms with E-state index < -0.39 is 70.8 Å². The first-order valence-corrected chi connectivity index (χ1v) is 11.6. The van der Waals surface area contributed by atoms with Crippen molar-refractivity contribution in [2.45, 2.75) is 44.0 Å². The van der Waals surface area contributed by atoms with Gasteiger partial charge in [0.25, 0.3) is 5.91 Å². The number of carbonyl (C=O) groups is 3. The number of nitrogens with one attached hydrogen (secondary N) is 1. The summed E-state index contributed by atoms with van der Waals surface area (Å²) >= 11 is 0. The van der Waals surface area contributed by atoms with E-state index in [0.29, 0.717) is 11.1 Å². The lowest BCUT2D eigenvalue weighted by atomic mass is 9.58. The third kappa shape index (κ3) is 3.61. The van der Waals surface area contributed by atoms with Crippen LogP contribution in [0.25, 0.3) is 0 Å². The molecule has 11 heteroatoms. The molecule has 2 unspecified atom stereocenters. The fourth-order valence-electron chi connectivity index (χ4n) is 5.82. The van der Waals surface area contributed by atoms with E-state index in [1.54, 1.807) is 27.1 Å². The van der Waals surface area contributed by atoms with E-state index in [9.17, 15) is 39.2 Å². The van der Waals surface area contributed by atoms with E-state index >= 15 is 0 Å². The van der Waals surface area contributed by atoms with Gasteiger partial charge < -0.3 is 31.5 Å². The van der Waals surface area contributed by atoms with Crippen LogP contribution in [0.2, 0.25) is 0 Å². The lowest BCUT2D eigenvalue weighted by Gasteiger charge is -2.50. The summed E-state index contributed by atoms with van der Waals surface area (Å²) in [5.41, 5.74) is 2.71. The number of ketones is 2. The molecule has 3 aliphatic rings. The van der Waals surface area contributed by atoms with E-state index in [-0.39, 0.29) is 36.3 Å². The molecule has 1 aromatic carbocycles. The molecule has 10 nitrogen and oxygen atoms in total. The first-order chi connectivity index (χ1) is 16.9. The van der Waals surface area contributed by atoms with Crippen LogP contribution >= 0.6 is 0 Å². The molecule has 0 saturated heterocycles. The van der Waals surface area contributed by atoms with E-state index in [1.807, 2.05) is 0 Å². The number of likely N-dealkylation sites (N-methyl/N-ethyl adjacent to an activating group) is 1. The number of aromatic hydroxyl groups is 1. The third-order valence-corrected chi connectivity index (χ3v) is 7.58. The number of aliphatic hydroxyl groups is 3. The number of halogens is 1. The maximum Gasteiger partial charge on any atom is 0.255 e. The number of fused-ring (bicyclic) bond motifs is 3. The van der Waals surface area contributed by atoms with Crippen LogP contribution in [0.1, 0.15) is 34.8 Å². The Morgan fingerprint density at radius 2 is 1.94 bits per heavy atom. The number of rotatable bonds is 6. The largest absolute Gasteiger partial charge is 0.510 e. The fraction of sp³-hybridized carbons (Fsp3) is 0.480. The van der Waals surface area contributed by atoms with Gasteiger partial charge in [-0.3, -0.25) is 19.3 Å². The van der Waals surface area contributed by atoms with Gasteiger partial charge in [0.15, 0.2) is 11.4 Å². The second kappa shape index (κ2) is 8.99. The molecule has 0 heterocycles. The SMILES string of the molecule is CC(CF)NCc1ccc(O)c2c1C[C@H]1C[C@@H]3C(N(C)C)C(O)=C(C(N)=O)C(=O)[C@]3(O)C(O)=C1C2=O. The molecule has 1 aromatic rings. The molecule has 0 bridgehead atoms. The van der Waals surface area contributed by atoms with Crippen LogP contribution in [0, 0.1) is 11.8 Å². The van der Waals surface area contributed by atoms with E-state index in [0.717, 1.165) is 0 Å². The van der Waals surface area contributed by atoms with Gasteiger partial charge in [-0.2, -0.15) is 0 Å². The van der Waals surface area contributed by atoms with E-state index in [2.05, 4.69) is 5.32 Å². The second-order valence-corrected chi connectivity index (χ2v) is 10.00. The Kier molecular flexibility index (Phi) is 6.44. The number of benzene rings is 1. The number of alkyl halides is 1. The maximum absolute atomic E-state index is 13.6. The standard InChI is InChI=1S/C25H30FN3O7/c1-10(8-26)28-9-11-4-5-15(30)17-13(11)6-12-7-14-19(29(2)3)21(32)18(24(27)35)23(34)25(14,36)22(33)16(12)20(17)31/h4-5,10,12,14,19,28,30,32-33,36H,6-9H2,1-3H3,(H2,27,35)/t10?,12-,14+,19?,25+/m0/s1. The summed E-state index contributed by atoms with van der Waals surface area (Å²) in [4.78, 5) is 40.4. The summed E-state index contributed by atoms with van der Waals surface area (Å²) in [5.74, 6) is -6.90. The zero-order chi connectivity index (χ0) is 26.7. The van der Waals surface area contributed by atoms with Crippen LogP contribution in [0.4, 0.5) is 4.39 Å². The molecule has 3 aliphatic carbocycles. The summed E-state index contributed by atoms with van der Waals surface area (Å²) in [6, 6.07) is 1.48. The fourth-order valence-corrected chi connectivity index (χ4v) is 5.82. The number of nitrogens with zero attached hydrogens (tertiary/aromatic N) is 1. The Morgan fingerprint density at radius 3 is 2.53 bits per heavy atom. The highest BCUT2D eigenvalue weighted by Crippen LogP contribution is 2.52. The van der Waals surface area contributed by atoms with E-state index in [1.165, 1.54) is 11.0 Å². The molecular formula is C25H30FN3O7. The van der Waals surface area contributed by atoms with Gasteiger partial charge in [-0.25, -0.2) is 4.39 Å². The lowest BCUT2D eigenvalue weighted by molar-refractivity contribution is -0.148. The summed E-state index contributed by atoms with van der Waals surface area (Å²) in [5, 5.41) is 47.2. The number of aliphatic hydroxyl groups excluding tert-OH is 2. The number of nitrogens with two attached hydrogens (primary N) is 1. The number of hydrogen-bond acceptors (Lipinski definition) is 9. The van der Waals surface area contributed by atoms with Crippen molar-refractivity contribution in [2.75, 3.05) is 20.8 Å². The molecule has 7 N–H and O–H groups in total. The molecule has 0 aliphatic heterocycles. The molecule has 1 amide bonds. The van der Waals surface area contributed by atoms with Crippen molar-refractivity contribution in [3.63, 3.8) is 0 Å². The third-order valence-electron chi connectivity index (χ3n) is 7.58. The van der Waals surface area contributed by atoms with Crippen LogP contribution in [0.5, 0.6) is 5.75 Å². The normalized spacial score (nSPS) is 28.7. The first-order valence-electron chi connectivity index (χ1n) is 11.6. The van der Waals surface area contributed by atoms with Crippen molar-refractivity contribution in [3.05, 3.63) is 51.5 Å². The summed E-state index contributed by atoms with van der Waals surface area (Å²) in [7, 11) is 3.14. The number of allylic oxidation sites excluding steroid dienone is 1. The van der Waals surface area contributed by atoms with E-state index in [4.69, 9.17) is 5.73 Å². The molecular weight excluding hydrogens is 473 g/mol. The molecule has 4 rings (SSSR count). The Bertz CT molecular complexity index is 1220. The van der Waals surface area contributed by atoms with Crippen molar-refractivity contribution >= 4 is 17.5 Å². The van der Waals surface area contributed by atoms with Crippen molar-refractivity contribution in [3.8, 4) is 5.75 Å². The van der Waals surface area contributed by atoms with Gasteiger partial charge in [0, 0.05) is 24.1 Å². The average Bonchev–Trinajstić information content (AvgIpc) is 2.80. The minimum Gasteiger partial charge on any atom is -0.510 e. The molecule has 0 spiro atoms. The van der Waals surface area contributed by atoms with Crippen LogP contribution in [-0.2, 0) is 22.6 Å². The molecule has 0 fully saturated rings. The number of amides is 1. The molecule has 0 radical (unpaired) electrons. The van der Waals surface area contributed by atoms with Crippen LogP contribution < -0.4 is 11.1 Å². The number of primary amides is 1. The molecule has 5 atom stereocenters. The van der Waals surface area contributed by atoms with Gasteiger partial charge in [-0.1, -0.05) is 6.07 Å². The van der Waals surface area contributed by atoms with Gasteiger partial charge in [0.2, 0.25) is 5.78 Å². The Hall–Kier alpha value is -3.28. The van der Waals surface area contributed by atoms with Gasteiger partial charge >= 0.3 is 0 Å². The van der Waals surface area contributed by atoms with Crippen LogP contribution in [0.3, 0.4) is 0 Å². The van der Waals surface area contributed by atoms with Crippen molar-refractivity contribution in [2.24, 2.45) is 17.6 Å². The molecule has 0 aromatic heterocycles. The highest BCUT2D eigenvalue weighted by Gasteiger charge is 2.63. The number of Topliss-reactive ketones (excluding diaryl/α,β-unsaturated/α-hetero) is 2. The smallest absolute Gasteiger partial charge is 0.255 e. The number of carbonyl (C=O) groups excluding carboxylic acids is 3. The maximum atomic E-state index is 13.6. The van der Waals surface area contributed by atoms with Crippen molar-refractivity contribution in [1.29, 1.82) is 0 Å². The number of hydrogen-bond donors (Lipinski definition) is 6. The van der Waals surface area contributed by atoms with Crippen LogP contribution in [0.15, 0.2) is 34.8 Å². The summed E-state index contributed by atoms with van der Waals surface area (Å²) in [6.45, 7) is 1.31. The monoisotopic (exact) mass is 503 g/mol. The first kappa shape index (κ1) is 25.8. The molecule has 194 valence electrons. The predicted octanol–water partition coefficient (Wildman–Crippen LogP) is 0.568. The van der Waals surface area contributed by atoms with Crippen molar-refractivity contribution in [1.82, 2.24) is 10.2 Å². The lowest BCUT2D eigenvalue weighted by Crippen LogP contribution is -2.63. The summed E-state index contributed by atoms with van der Waals surface area (Å²) in [6.07, 6.45) is 0.194. The summed E-state index contributed by atoms with van der Waals surface area (Å²) < 4.78 is 13.0. The molecule has 0 saturated carbocycles.